The van der Waals surface area contributed by atoms with Crippen molar-refractivity contribution in [1.29, 1.82) is 0 Å². The van der Waals surface area contributed by atoms with Crippen molar-refractivity contribution in [2.75, 3.05) is 26.2 Å². The number of carbonyl (C=O) groups is 4. The first-order chi connectivity index (χ1) is 16.1. The lowest BCUT2D eigenvalue weighted by Gasteiger charge is -2.33. The van der Waals surface area contributed by atoms with Gasteiger partial charge in [0.05, 0.1) is 12.6 Å². The van der Waals surface area contributed by atoms with Crippen LogP contribution in [0.3, 0.4) is 0 Å². The zero-order valence-corrected chi connectivity index (χ0v) is 20.6. The number of amides is 6. The highest BCUT2D eigenvalue weighted by molar-refractivity contribution is 5.89. The van der Waals surface area contributed by atoms with Crippen molar-refractivity contribution < 1.29 is 28.8 Å². The van der Waals surface area contributed by atoms with Crippen LogP contribution < -0.4 is 16.2 Å². The van der Waals surface area contributed by atoms with Crippen LogP contribution in [0.5, 0.6) is 0 Å². The number of hydrogen-bond donors (Lipinski definition) is 3. The van der Waals surface area contributed by atoms with Gasteiger partial charge in [0.1, 0.15) is 11.6 Å². The van der Waals surface area contributed by atoms with Gasteiger partial charge in [-0.3, -0.25) is 15.1 Å². The highest BCUT2D eigenvalue weighted by Gasteiger charge is 2.48. The molecule has 12 nitrogen and oxygen atoms in total. The summed E-state index contributed by atoms with van der Waals surface area (Å²) in [5.41, 5.74) is 4.35. The van der Waals surface area contributed by atoms with E-state index in [-0.39, 0.29) is 18.1 Å². The van der Waals surface area contributed by atoms with E-state index in [1.165, 1.54) is 9.96 Å². The average molecular weight is 483 g/mol. The van der Waals surface area contributed by atoms with E-state index in [2.05, 4.69) is 23.1 Å². The van der Waals surface area contributed by atoms with E-state index in [4.69, 9.17) is 9.57 Å². The van der Waals surface area contributed by atoms with Crippen LogP contribution in [-0.4, -0.2) is 88.9 Å². The van der Waals surface area contributed by atoms with Gasteiger partial charge in [-0.2, -0.15) is 5.06 Å². The standard InChI is InChI=1S/C22H38N6O6/c1-5-6-13-33-28-16-7-8-17(27(14-16)21(28)32)18(29)24-25-19(30)26-11-9-15(10-12-26)23-20(31)34-22(2,3)4/h15-17H,5-14H2,1-4H3,(H,23,31)(H,24,29)(H,25,30)/t16-,17-/m0/s1. The first-order valence-electron chi connectivity index (χ1n) is 12.2. The van der Waals surface area contributed by atoms with Gasteiger partial charge >= 0.3 is 18.2 Å². The lowest BCUT2D eigenvalue weighted by Crippen LogP contribution is -2.57. The second kappa shape index (κ2) is 11.1. The highest BCUT2D eigenvalue weighted by atomic mass is 16.7. The lowest BCUT2D eigenvalue weighted by atomic mass is 10.0. The van der Waals surface area contributed by atoms with Crippen LogP contribution in [0.1, 0.15) is 66.2 Å². The zero-order chi connectivity index (χ0) is 24.9. The molecular weight excluding hydrogens is 444 g/mol. The Balaban J connectivity index is 1.40. The average Bonchev–Trinajstić information content (AvgIpc) is 3.01. The van der Waals surface area contributed by atoms with Crippen LogP contribution in [0.2, 0.25) is 0 Å². The Morgan fingerprint density at radius 2 is 1.76 bits per heavy atom. The number of hydroxylamine groups is 2. The van der Waals surface area contributed by atoms with E-state index in [0.29, 0.717) is 51.9 Å². The minimum absolute atomic E-state index is 0.0430. The van der Waals surface area contributed by atoms with Gasteiger partial charge in [-0.1, -0.05) is 13.3 Å². The minimum atomic E-state index is -0.646. The van der Waals surface area contributed by atoms with Crippen LogP contribution in [-0.2, 0) is 14.4 Å². The topological polar surface area (TPSA) is 133 Å². The predicted molar refractivity (Wildman–Crippen MR) is 122 cm³/mol. The Kier molecular flexibility index (Phi) is 8.45. The summed E-state index contributed by atoms with van der Waals surface area (Å²) in [7, 11) is 0. The van der Waals surface area contributed by atoms with Gasteiger partial charge < -0.3 is 19.9 Å². The number of piperidine rings is 2. The molecule has 0 radical (unpaired) electrons. The number of carbonyl (C=O) groups excluding carboxylic acids is 4. The number of rotatable bonds is 6. The van der Waals surface area contributed by atoms with Crippen LogP contribution in [0, 0.1) is 0 Å². The molecule has 3 aliphatic rings. The molecule has 192 valence electrons. The molecule has 0 aliphatic carbocycles. The van der Waals surface area contributed by atoms with Gasteiger partial charge in [0.15, 0.2) is 0 Å². The molecule has 2 atom stereocenters. The molecule has 0 unspecified atom stereocenters. The van der Waals surface area contributed by atoms with Crippen LogP contribution in [0.4, 0.5) is 14.4 Å². The molecule has 3 heterocycles. The van der Waals surface area contributed by atoms with E-state index in [0.717, 1.165) is 12.8 Å². The number of alkyl carbamates (subject to hydrolysis) is 1. The van der Waals surface area contributed by atoms with Crippen LogP contribution in [0.25, 0.3) is 0 Å². The van der Waals surface area contributed by atoms with Crippen molar-refractivity contribution in [3.8, 4) is 0 Å². The third kappa shape index (κ3) is 6.64. The molecule has 3 N–H and O–H groups in total. The number of fused-ring (bicyclic) bond motifs is 2. The van der Waals surface area contributed by atoms with Gasteiger partial charge in [-0.15, -0.1) is 0 Å². The normalized spacial score (nSPS) is 23.1. The SMILES string of the molecule is CCCCON1C(=O)N2C[C@@H]1CC[C@H]2C(=O)NNC(=O)N1CCC(NC(=O)OC(C)(C)C)CC1. The molecule has 3 rings (SSSR count). The maximum atomic E-state index is 12.7. The van der Waals surface area contributed by atoms with Crippen LogP contribution >= 0.6 is 0 Å². The Hall–Kier alpha value is -2.76. The maximum Gasteiger partial charge on any atom is 0.407 e. The fraction of sp³-hybridized carbons (Fsp3) is 0.818. The Morgan fingerprint density at radius 1 is 1.06 bits per heavy atom. The summed E-state index contributed by atoms with van der Waals surface area (Å²) in [5, 5.41) is 4.23. The number of nitrogens with zero attached hydrogens (tertiary/aromatic N) is 3. The second-order valence-electron chi connectivity index (χ2n) is 10.0. The molecule has 0 aromatic heterocycles. The largest absolute Gasteiger partial charge is 0.444 e. The molecule has 34 heavy (non-hydrogen) atoms. The van der Waals surface area contributed by atoms with E-state index in [1.807, 2.05) is 0 Å². The van der Waals surface area contributed by atoms with Crippen LogP contribution in [0.15, 0.2) is 0 Å². The Morgan fingerprint density at radius 3 is 2.41 bits per heavy atom. The number of likely N-dealkylation sites (tertiary alicyclic amines) is 1. The smallest absolute Gasteiger partial charge is 0.407 e. The van der Waals surface area contributed by atoms with E-state index in [1.54, 1.807) is 25.7 Å². The summed E-state index contributed by atoms with van der Waals surface area (Å²) in [5.74, 6) is -0.419. The monoisotopic (exact) mass is 482 g/mol. The van der Waals surface area contributed by atoms with Crippen molar-refractivity contribution in [2.24, 2.45) is 0 Å². The highest BCUT2D eigenvalue weighted by Crippen LogP contribution is 2.30. The summed E-state index contributed by atoms with van der Waals surface area (Å²) in [6.07, 6.45) is 3.70. The van der Waals surface area contributed by atoms with Gasteiger partial charge in [-0.05, 0) is 52.9 Å². The maximum absolute atomic E-state index is 12.7. The van der Waals surface area contributed by atoms with Crippen molar-refractivity contribution in [3.63, 3.8) is 0 Å². The summed E-state index contributed by atoms with van der Waals surface area (Å²) >= 11 is 0. The van der Waals surface area contributed by atoms with Gasteiger partial charge in [0.2, 0.25) is 0 Å². The zero-order valence-electron chi connectivity index (χ0n) is 20.6. The molecule has 3 saturated heterocycles. The molecule has 2 bridgehead atoms. The Labute approximate surface area is 200 Å². The fourth-order valence-electron chi connectivity index (χ4n) is 4.36. The second-order valence-corrected chi connectivity index (χ2v) is 10.0. The number of unbranched alkanes of at least 4 members (excludes halogenated alkanes) is 1. The summed E-state index contributed by atoms with van der Waals surface area (Å²) < 4.78 is 5.27. The number of ether oxygens (including phenoxy) is 1. The molecule has 12 heteroatoms. The number of hydrazine groups is 1. The lowest BCUT2D eigenvalue weighted by molar-refractivity contribution is -0.131. The van der Waals surface area contributed by atoms with E-state index >= 15 is 0 Å². The number of urea groups is 2. The number of hydrogen-bond acceptors (Lipinski definition) is 6. The van der Waals surface area contributed by atoms with E-state index in [9.17, 15) is 19.2 Å². The number of nitrogens with one attached hydrogen (secondary N) is 3. The summed E-state index contributed by atoms with van der Waals surface area (Å²) in [6, 6.07) is -1.49. The fourth-order valence-corrected chi connectivity index (χ4v) is 4.36. The van der Waals surface area contributed by atoms with Crippen molar-refractivity contribution in [3.05, 3.63) is 0 Å². The molecule has 0 saturated carbocycles. The van der Waals surface area contributed by atoms with Gasteiger partial charge in [0, 0.05) is 25.7 Å². The molecule has 0 spiro atoms. The van der Waals surface area contributed by atoms with Gasteiger partial charge in [-0.25, -0.2) is 19.8 Å². The third-order valence-electron chi connectivity index (χ3n) is 6.15. The van der Waals surface area contributed by atoms with Crippen molar-refractivity contribution in [2.45, 2.75) is 89.9 Å². The van der Waals surface area contributed by atoms with E-state index < -0.39 is 29.7 Å². The Bertz CT molecular complexity index is 763. The first-order valence-corrected chi connectivity index (χ1v) is 12.2. The molecular formula is C22H38N6O6. The summed E-state index contributed by atoms with van der Waals surface area (Å²) in [4.78, 5) is 58.5. The molecule has 0 aromatic carbocycles. The summed E-state index contributed by atoms with van der Waals surface area (Å²) in [6.45, 7) is 9.24. The van der Waals surface area contributed by atoms with Gasteiger partial charge in [0.25, 0.3) is 5.91 Å². The third-order valence-corrected chi connectivity index (χ3v) is 6.15. The predicted octanol–water partition coefficient (Wildman–Crippen LogP) is 1.72. The van der Waals surface area contributed by atoms with Crippen molar-refractivity contribution in [1.82, 2.24) is 31.0 Å². The first kappa shape index (κ1) is 25.9. The molecule has 3 aliphatic heterocycles. The minimum Gasteiger partial charge on any atom is -0.444 e. The quantitative estimate of drug-likeness (QED) is 0.390. The molecule has 6 amide bonds. The van der Waals surface area contributed by atoms with Crippen molar-refractivity contribution >= 4 is 24.1 Å². The molecule has 3 fully saturated rings. The molecule has 0 aromatic rings.